The van der Waals surface area contributed by atoms with Crippen molar-refractivity contribution in [1.29, 1.82) is 0 Å². The highest BCUT2D eigenvalue weighted by atomic mass is 16.1. The molecule has 0 aliphatic heterocycles. The quantitative estimate of drug-likeness (QED) is 0.541. The molecule has 2 nitrogen and oxygen atoms in total. The summed E-state index contributed by atoms with van der Waals surface area (Å²) >= 11 is 0. The molecule has 0 aliphatic rings. The molecular weight excluding hydrogens is 138 g/mol. The fourth-order valence-electron chi connectivity index (χ4n) is 0.736. The maximum atomic E-state index is 11.0. The Balaban J connectivity index is 3.29. The van der Waals surface area contributed by atoms with Gasteiger partial charge in [0.2, 0.25) is 0 Å². The van der Waals surface area contributed by atoms with E-state index in [0.717, 1.165) is 13.0 Å². The Morgan fingerprint density at radius 2 is 2.09 bits per heavy atom. The first-order valence-electron chi connectivity index (χ1n) is 3.94. The first-order valence-corrected chi connectivity index (χ1v) is 3.94. The summed E-state index contributed by atoms with van der Waals surface area (Å²) < 4.78 is 0. The van der Waals surface area contributed by atoms with Crippen LogP contribution in [0.1, 0.15) is 19.3 Å². The van der Waals surface area contributed by atoms with Crippen LogP contribution >= 0.6 is 0 Å². The zero-order chi connectivity index (χ0) is 8.69. The monoisotopic (exact) mass is 155 g/mol. The molecule has 0 amide bonds. The molecule has 0 fully saturated rings. The van der Waals surface area contributed by atoms with Crippen LogP contribution in [0.25, 0.3) is 0 Å². The maximum absolute atomic E-state index is 11.0. The fourth-order valence-corrected chi connectivity index (χ4v) is 0.736. The third-order valence-corrected chi connectivity index (χ3v) is 1.47. The zero-order valence-corrected chi connectivity index (χ0v) is 7.47. The molecule has 0 aliphatic carbocycles. The van der Waals surface area contributed by atoms with Gasteiger partial charge in [0, 0.05) is 19.4 Å². The average molecular weight is 155 g/mol. The molecule has 0 atom stereocenters. The normalized spacial score (nSPS) is 10.1. The van der Waals surface area contributed by atoms with E-state index in [4.69, 9.17) is 0 Å². The molecule has 0 aromatic rings. The summed E-state index contributed by atoms with van der Waals surface area (Å²) in [7, 11) is 3.95. The van der Waals surface area contributed by atoms with E-state index in [0.29, 0.717) is 18.6 Å². The lowest BCUT2D eigenvalue weighted by Gasteiger charge is -2.07. The fraction of sp³-hybridized carbons (Fsp3) is 0.667. The van der Waals surface area contributed by atoms with Crippen LogP contribution in [-0.2, 0) is 4.79 Å². The second-order valence-electron chi connectivity index (χ2n) is 2.92. The summed E-state index contributed by atoms with van der Waals surface area (Å²) in [6.07, 6.45) is 3.91. The highest BCUT2D eigenvalue weighted by molar-refractivity contribution is 5.78. The first-order chi connectivity index (χ1) is 5.16. The molecule has 0 heterocycles. The Labute approximate surface area is 68.9 Å². The van der Waals surface area contributed by atoms with Crippen molar-refractivity contribution in [2.45, 2.75) is 19.3 Å². The lowest BCUT2D eigenvalue weighted by atomic mass is 10.1. The Kier molecular flexibility index (Phi) is 5.75. The van der Waals surface area contributed by atoms with Gasteiger partial charge in [0.1, 0.15) is 5.78 Å². The van der Waals surface area contributed by atoms with Crippen molar-refractivity contribution in [2.24, 2.45) is 0 Å². The summed E-state index contributed by atoms with van der Waals surface area (Å²) in [6.45, 7) is 4.42. The molecule has 0 saturated carbocycles. The van der Waals surface area contributed by atoms with Crippen LogP contribution in [0.15, 0.2) is 12.7 Å². The van der Waals surface area contributed by atoms with Crippen molar-refractivity contribution >= 4 is 5.78 Å². The van der Waals surface area contributed by atoms with Crippen LogP contribution in [0.3, 0.4) is 0 Å². The van der Waals surface area contributed by atoms with Crippen molar-refractivity contribution in [3.63, 3.8) is 0 Å². The van der Waals surface area contributed by atoms with Gasteiger partial charge < -0.3 is 4.90 Å². The third kappa shape index (κ3) is 7.26. The Morgan fingerprint density at radius 3 is 2.55 bits per heavy atom. The second kappa shape index (κ2) is 6.10. The molecular formula is C9H17NO. The number of carbonyl (C=O) groups is 1. The summed E-state index contributed by atoms with van der Waals surface area (Å²) in [5, 5.41) is 0. The molecule has 2 heteroatoms. The molecule has 64 valence electrons. The molecule has 11 heavy (non-hydrogen) atoms. The molecule has 0 unspecified atom stereocenters. The van der Waals surface area contributed by atoms with Crippen LogP contribution in [0, 0.1) is 0 Å². The zero-order valence-electron chi connectivity index (χ0n) is 7.47. The van der Waals surface area contributed by atoms with Crippen molar-refractivity contribution in [1.82, 2.24) is 4.90 Å². The number of hydrogen-bond acceptors (Lipinski definition) is 2. The van der Waals surface area contributed by atoms with Crippen LogP contribution in [0.4, 0.5) is 0 Å². The predicted molar refractivity (Wildman–Crippen MR) is 47.6 cm³/mol. The van der Waals surface area contributed by atoms with Gasteiger partial charge in [0.25, 0.3) is 0 Å². The maximum Gasteiger partial charge on any atom is 0.134 e. The predicted octanol–water partition coefficient (Wildman–Crippen LogP) is 1.47. The summed E-state index contributed by atoms with van der Waals surface area (Å²) in [5.41, 5.74) is 0. The molecule has 0 radical (unpaired) electrons. The van der Waals surface area contributed by atoms with Crippen molar-refractivity contribution in [3.05, 3.63) is 12.7 Å². The Hall–Kier alpha value is -0.630. The van der Waals surface area contributed by atoms with E-state index >= 15 is 0 Å². The largest absolute Gasteiger partial charge is 0.309 e. The summed E-state index contributed by atoms with van der Waals surface area (Å²) in [4.78, 5) is 13.1. The van der Waals surface area contributed by atoms with Gasteiger partial charge in [0.15, 0.2) is 0 Å². The number of rotatable bonds is 6. The smallest absolute Gasteiger partial charge is 0.134 e. The number of carbonyl (C=O) groups excluding carboxylic acids is 1. The van der Waals surface area contributed by atoms with Crippen molar-refractivity contribution in [2.75, 3.05) is 20.6 Å². The van der Waals surface area contributed by atoms with Gasteiger partial charge in [-0.3, -0.25) is 4.79 Å². The molecule has 0 rings (SSSR count). The molecule has 0 aromatic heterocycles. The van der Waals surface area contributed by atoms with Crippen molar-refractivity contribution < 1.29 is 4.79 Å². The second-order valence-corrected chi connectivity index (χ2v) is 2.92. The van der Waals surface area contributed by atoms with Crippen LogP contribution in [-0.4, -0.2) is 31.3 Å². The van der Waals surface area contributed by atoms with E-state index in [1.165, 1.54) is 0 Å². The van der Waals surface area contributed by atoms with Gasteiger partial charge >= 0.3 is 0 Å². The van der Waals surface area contributed by atoms with Gasteiger partial charge in [-0.25, -0.2) is 0 Å². The van der Waals surface area contributed by atoms with Gasteiger partial charge in [-0.05, 0) is 20.5 Å². The van der Waals surface area contributed by atoms with E-state index in [-0.39, 0.29) is 0 Å². The minimum absolute atomic E-state index is 0.332. The lowest BCUT2D eigenvalue weighted by molar-refractivity contribution is -0.119. The average Bonchev–Trinajstić information content (AvgIpc) is 1.97. The van der Waals surface area contributed by atoms with E-state index < -0.39 is 0 Å². The van der Waals surface area contributed by atoms with E-state index in [1.807, 2.05) is 19.0 Å². The van der Waals surface area contributed by atoms with Gasteiger partial charge in [-0.2, -0.15) is 0 Å². The minimum atomic E-state index is 0.332. The molecule has 0 N–H and O–H groups in total. The molecule has 0 bridgehead atoms. The van der Waals surface area contributed by atoms with E-state index in [1.54, 1.807) is 6.08 Å². The first kappa shape index (κ1) is 10.4. The van der Waals surface area contributed by atoms with Gasteiger partial charge in [-0.1, -0.05) is 6.08 Å². The highest BCUT2D eigenvalue weighted by Crippen LogP contribution is 1.95. The number of ketones is 1. The standard InChI is InChI=1S/C9H17NO/c1-4-5-6-9(11)7-8-10(2)3/h4H,1,5-8H2,2-3H3. The highest BCUT2D eigenvalue weighted by Gasteiger charge is 2.00. The molecule has 0 saturated heterocycles. The van der Waals surface area contributed by atoms with Crippen molar-refractivity contribution in [3.8, 4) is 0 Å². The number of allylic oxidation sites excluding steroid dienone is 1. The lowest BCUT2D eigenvalue weighted by Crippen LogP contribution is -2.16. The van der Waals surface area contributed by atoms with E-state index in [9.17, 15) is 4.79 Å². The third-order valence-electron chi connectivity index (χ3n) is 1.47. The van der Waals surface area contributed by atoms with Crippen LogP contribution in [0.5, 0.6) is 0 Å². The van der Waals surface area contributed by atoms with Crippen LogP contribution < -0.4 is 0 Å². The molecule has 0 aromatic carbocycles. The summed E-state index contributed by atoms with van der Waals surface area (Å²) in [6, 6.07) is 0. The number of hydrogen-bond donors (Lipinski definition) is 0. The van der Waals surface area contributed by atoms with Gasteiger partial charge in [0.05, 0.1) is 0 Å². The van der Waals surface area contributed by atoms with E-state index in [2.05, 4.69) is 6.58 Å². The molecule has 0 spiro atoms. The SMILES string of the molecule is C=CCCC(=O)CCN(C)C. The summed E-state index contributed by atoms with van der Waals surface area (Å²) in [5.74, 6) is 0.332. The Bertz CT molecular complexity index is 130. The van der Waals surface area contributed by atoms with Crippen LogP contribution in [0.2, 0.25) is 0 Å². The number of nitrogens with zero attached hydrogens (tertiary/aromatic N) is 1. The number of Topliss-reactive ketones (excluding diaryl/α,β-unsaturated/α-hetero) is 1. The Morgan fingerprint density at radius 1 is 1.45 bits per heavy atom. The van der Waals surface area contributed by atoms with Gasteiger partial charge in [-0.15, -0.1) is 6.58 Å². The topological polar surface area (TPSA) is 20.3 Å². The minimum Gasteiger partial charge on any atom is -0.309 e.